The topological polar surface area (TPSA) is 86.7 Å². The summed E-state index contributed by atoms with van der Waals surface area (Å²) in [5, 5.41) is 0. The lowest BCUT2D eigenvalue weighted by atomic mass is 10.1. The highest BCUT2D eigenvalue weighted by atomic mass is 16.1. The van der Waals surface area contributed by atoms with Gasteiger partial charge in [-0.05, 0) is 12.1 Å². The molecule has 6 nitrogen and oxygen atoms in total. The summed E-state index contributed by atoms with van der Waals surface area (Å²) in [5.74, 6) is -0.587. The van der Waals surface area contributed by atoms with Crippen molar-refractivity contribution in [3.63, 3.8) is 0 Å². The monoisotopic (exact) mass is 253 g/mol. The maximum Gasteiger partial charge on any atom is 0.268 e. The molecule has 1 aromatic carbocycles. The van der Waals surface area contributed by atoms with Crippen molar-refractivity contribution in [1.82, 2.24) is 19.5 Å². The number of nitrogens with two attached hydrogens (primary N) is 1. The van der Waals surface area contributed by atoms with Crippen LogP contribution in [0.3, 0.4) is 0 Å². The number of hydrogen-bond acceptors (Lipinski definition) is 4. The Morgan fingerprint density at radius 1 is 1.32 bits per heavy atom. The summed E-state index contributed by atoms with van der Waals surface area (Å²) in [7, 11) is 1.92. The van der Waals surface area contributed by atoms with Crippen molar-refractivity contribution >= 4 is 16.9 Å². The van der Waals surface area contributed by atoms with Crippen LogP contribution in [-0.2, 0) is 7.05 Å². The molecule has 0 spiro atoms. The Hall–Kier alpha value is -2.76. The predicted octanol–water partition coefficient (Wildman–Crippen LogP) is 1.13. The highest BCUT2D eigenvalue weighted by Gasteiger charge is 2.08. The van der Waals surface area contributed by atoms with E-state index < -0.39 is 5.91 Å². The first-order chi connectivity index (χ1) is 9.15. The van der Waals surface area contributed by atoms with Gasteiger partial charge in [0.2, 0.25) is 0 Å². The van der Waals surface area contributed by atoms with Crippen LogP contribution in [0.1, 0.15) is 10.5 Å². The van der Waals surface area contributed by atoms with E-state index in [4.69, 9.17) is 5.73 Å². The van der Waals surface area contributed by atoms with E-state index in [1.807, 2.05) is 29.8 Å². The van der Waals surface area contributed by atoms with Crippen LogP contribution >= 0.6 is 0 Å². The summed E-state index contributed by atoms with van der Waals surface area (Å²) in [6.45, 7) is 0. The number of primary amides is 1. The highest BCUT2D eigenvalue weighted by Crippen LogP contribution is 2.21. The first-order valence-corrected chi connectivity index (χ1v) is 5.68. The Morgan fingerprint density at radius 2 is 2.16 bits per heavy atom. The molecule has 0 saturated carbocycles. The van der Waals surface area contributed by atoms with E-state index in [-0.39, 0.29) is 5.69 Å². The van der Waals surface area contributed by atoms with Crippen molar-refractivity contribution in [3.05, 3.63) is 42.6 Å². The van der Waals surface area contributed by atoms with Gasteiger partial charge >= 0.3 is 0 Å². The molecule has 0 aliphatic rings. The number of fused-ring (bicyclic) bond motifs is 1. The molecular formula is C13H11N5O. The van der Waals surface area contributed by atoms with Crippen molar-refractivity contribution in [2.75, 3.05) is 0 Å². The third-order valence-electron chi connectivity index (χ3n) is 2.91. The largest absolute Gasteiger partial charge is 0.364 e. The molecule has 3 rings (SSSR count). The molecule has 1 amide bonds. The number of hydrogen-bond donors (Lipinski definition) is 1. The SMILES string of the molecule is Cn1cnc2ccc(-c3cncc(C(N)=O)n3)cc21. The van der Waals surface area contributed by atoms with Crippen LogP contribution in [0, 0.1) is 0 Å². The predicted molar refractivity (Wildman–Crippen MR) is 70.3 cm³/mol. The summed E-state index contributed by atoms with van der Waals surface area (Å²) in [4.78, 5) is 23.6. The first-order valence-electron chi connectivity index (χ1n) is 5.68. The molecule has 2 heterocycles. The maximum absolute atomic E-state index is 11.1. The summed E-state index contributed by atoms with van der Waals surface area (Å²) in [6.07, 6.45) is 4.71. The van der Waals surface area contributed by atoms with Gasteiger partial charge in [0.25, 0.3) is 5.91 Å². The zero-order valence-electron chi connectivity index (χ0n) is 10.2. The van der Waals surface area contributed by atoms with Gasteiger partial charge in [-0.25, -0.2) is 9.97 Å². The third-order valence-corrected chi connectivity index (χ3v) is 2.91. The van der Waals surface area contributed by atoms with Gasteiger partial charge in [0, 0.05) is 12.6 Å². The number of amides is 1. The molecule has 94 valence electrons. The van der Waals surface area contributed by atoms with Gasteiger partial charge < -0.3 is 10.3 Å². The van der Waals surface area contributed by atoms with Crippen molar-refractivity contribution in [1.29, 1.82) is 0 Å². The number of aryl methyl sites for hydroxylation is 1. The number of rotatable bonds is 2. The minimum absolute atomic E-state index is 0.155. The molecule has 0 aliphatic carbocycles. The van der Waals surface area contributed by atoms with Crippen LogP contribution in [0.2, 0.25) is 0 Å². The van der Waals surface area contributed by atoms with E-state index in [1.165, 1.54) is 6.20 Å². The van der Waals surface area contributed by atoms with Crippen LogP contribution < -0.4 is 5.73 Å². The van der Waals surface area contributed by atoms with Crippen LogP contribution in [0.5, 0.6) is 0 Å². The smallest absolute Gasteiger partial charge is 0.268 e. The van der Waals surface area contributed by atoms with E-state index >= 15 is 0 Å². The fourth-order valence-electron chi connectivity index (χ4n) is 1.91. The molecule has 2 aromatic heterocycles. The molecule has 6 heteroatoms. The van der Waals surface area contributed by atoms with Crippen LogP contribution in [0.15, 0.2) is 36.9 Å². The number of imidazole rings is 1. The van der Waals surface area contributed by atoms with Gasteiger partial charge in [-0.3, -0.25) is 9.78 Å². The van der Waals surface area contributed by atoms with Crippen molar-refractivity contribution in [2.24, 2.45) is 12.8 Å². The Kier molecular flexibility index (Phi) is 2.49. The number of carbonyl (C=O) groups excluding carboxylic acids is 1. The average molecular weight is 253 g/mol. The molecule has 0 fully saturated rings. The molecule has 0 radical (unpaired) electrons. The molecule has 0 bridgehead atoms. The van der Waals surface area contributed by atoms with Gasteiger partial charge in [-0.15, -0.1) is 0 Å². The van der Waals surface area contributed by atoms with E-state index in [0.717, 1.165) is 16.6 Å². The summed E-state index contributed by atoms with van der Waals surface area (Å²) in [5.41, 5.74) is 8.73. The quantitative estimate of drug-likeness (QED) is 0.741. The third kappa shape index (κ3) is 1.93. The zero-order valence-corrected chi connectivity index (χ0v) is 10.2. The number of aromatic nitrogens is 4. The lowest BCUT2D eigenvalue weighted by Gasteiger charge is -2.03. The molecule has 19 heavy (non-hydrogen) atoms. The van der Waals surface area contributed by atoms with Gasteiger partial charge in [-0.2, -0.15) is 0 Å². The van der Waals surface area contributed by atoms with Crippen LogP contribution in [-0.4, -0.2) is 25.4 Å². The minimum atomic E-state index is -0.587. The summed E-state index contributed by atoms with van der Waals surface area (Å²) < 4.78 is 1.92. The molecule has 0 atom stereocenters. The standard InChI is InChI=1S/C13H11N5O/c1-18-7-16-9-3-2-8(4-12(9)18)10-5-15-6-11(17-10)13(14)19/h2-7H,1H3,(H2,14,19). The molecule has 3 aromatic rings. The maximum atomic E-state index is 11.1. The molecule has 0 saturated heterocycles. The van der Waals surface area contributed by atoms with E-state index in [9.17, 15) is 4.79 Å². The minimum Gasteiger partial charge on any atom is -0.364 e. The highest BCUT2D eigenvalue weighted by molar-refractivity contribution is 5.91. The Morgan fingerprint density at radius 3 is 2.95 bits per heavy atom. The van der Waals surface area contributed by atoms with Gasteiger partial charge in [-0.1, -0.05) is 6.07 Å². The lowest BCUT2D eigenvalue weighted by molar-refractivity contribution is 0.0995. The van der Waals surface area contributed by atoms with Crippen molar-refractivity contribution in [2.45, 2.75) is 0 Å². The first kappa shape index (κ1) is 11.3. The van der Waals surface area contributed by atoms with Crippen LogP contribution in [0.25, 0.3) is 22.3 Å². The normalized spacial score (nSPS) is 10.8. The molecule has 0 aliphatic heterocycles. The van der Waals surface area contributed by atoms with Crippen molar-refractivity contribution in [3.8, 4) is 11.3 Å². The number of nitrogens with zero attached hydrogens (tertiary/aromatic N) is 4. The van der Waals surface area contributed by atoms with E-state index in [1.54, 1.807) is 12.5 Å². The van der Waals surface area contributed by atoms with Crippen molar-refractivity contribution < 1.29 is 4.79 Å². The number of benzene rings is 1. The Bertz CT molecular complexity index is 778. The fraction of sp³-hybridized carbons (Fsp3) is 0.0769. The average Bonchev–Trinajstić information content (AvgIpc) is 2.80. The summed E-state index contributed by atoms with van der Waals surface area (Å²) in [6, 6.07) is 5.75. The Balaban J connectivity index is 2.15. The van der Waals surface area contributed by atoms with E-state index in [2.05, 4.69) is 15.0 Å². The van der Waals surface area contributed by atoms with E-state index in [0.29, 0.717) is 5.69 Å². The summed E-state index contributed by atoms with van der Waals surface area (Å²) >= 11 is 0. The molecule has 2 N–H and O–H groups in total. The van der Waals surface area contributed by atoms with Gasteiger partial charge in [0.05, 0.1) is 35.4 Å². The second-order valence-corrected chi connectivity index (χ2v) is 4.21. The second kappa shape index (κ2) is 4.16. The number of carbonyl (C=O) groups is 1. The van der Waals surface area contributed by atoms with Gasteiger partial charge in [0.15, 0.2) is 0 Å². The zero-order chi connectivity index (χ0) is 13.4. The lowest BCUT2D eigenvalue weighted by Crippen LogP contribution is -2.13. The Labute approximate surface area is 108 Å². The molecule has 0 unspecified atom stereocenters. The van der Waals surface area contributed by atoms with Crippen LogP contribution in [0.4, 0.5) is 0 Å². The second-order valence-electron chi connectivity index (χ2n) is 4.21. The molecular weight excluding hydrogens is 242 g/mol. The fourth-order valence-corrected chi connectivity index (χ4v) is 1.91. The van der Waals surface area contributed by atoms with Gasteiger partial charge in [0.1, 0.15) is 5.69 Å².